The van der Waals surface area contributed by atoms with E-state index in [-0.39, 0.29) is 7.92 Å². The molecule has 0 N–H and O–H groups in total. The van der Waals surface area contributed by atoms with Gasteiger partial charge in [0.25, 0.3) is 0 Å². The second-order valence-electron chi connectivity index (χ2n) is 7.09. The topological polar surface area (TPSA) is 0 Å². The van der Waals surface area contributed by atoms with Gasteiger partial charge in [-0.05, 0) is 40.5 Å². The summed E-state index contributed by atoms with van der Waals surface area (Å²) in [6.07, 6.45) is 0. The van der Waals surface area contributed by atoms with Crippen molar-refractivity contribution in [2.75, 3.05) is 0 Å². The minimum absolute atomic E-state index is 0.192. The lowest BCUT2D eigenvalue weighted by molar-refractivity contribution is 1.02. The van der Waals surface area contributed by atoms with E-state index in [1.54, 1.807) is 5.30 Å². The lowest BCUT2D eigenvalue weighted by Crippen LogP contribution is -2.32. The first-order valence-electron chi connectivity index (χ1n) is 9.37. The second-order valence-corrected chi connectivity index (χ2v) is 12.6. The summed E-state index contributed by atoms with van der Waals surface area (Å²) in [5.74, 6) is 0. The summed E-state index contributed by atoms with van der Waals surface area (Å²) in [5, 5.41) is 5.99. The minimum atomic E-state index is -0.533. The van der Waals surface area contributed by atoms with Crippen LogP contribution in [-0.2, 0) is 0 Å². The van der Waals surface area contributed by atoms with E-state index in [1.165, 1.54) is 15.9 Å². The number of hydrogen-bond donors (Lipinski definition) is 0. The zero-order valence-corrected chi connectivity index (χ0v) is 17.9. The van der Waals surface area contributed by atoms with Gasteiger partial charge in [-0.15, -0.1) is 0 Å². The lowest BCUT2D eigenvalue weighted by atomic mass is 10.3. The minimum Gasteiger partial charge on any atom is -0.0693 e. The normalized spacial score (nSPS) is 11.7. The molecule has 26 heavy (non-hydrogen) atoms. The molecular formula is C24H28P2. The highest BCUT2D eigenvalue weighted by molar-refractivity contribution is 7.82. The number of benzene rings is 3. The molecule has 3 rings (SSSR count). The van der Waals surface area contributed by atoms with Crippen LogP contribution < -0.4 is 21.2 Å². The van der Waals surface area contributed by atoms with Gasteiger partial charge in [0, 0.05) is 0 Å². The van der Waals surface area contributed by atoms with E-state index >= 15 is 0 Å². The van der Waals surface area contributed by atoms with E-state index < -0.39 is 7.92 Å². The molecule has 0 heterocycles. The van der Waals surface area contributed by atoms with Crippen LogP contribution in [0, 0.1) is 0 Å². The first-order valence-corrected chi connectivity index (χ1v) is 12.2. The van der Waals surface area contributed by atoms with Crippen LogP contribution in [0.3, 0.4) is 0 Å². The van der Waals surface area contributed by atoms with Crippen molar-refractivity contribution in [2.45, 2.75) is 39.0 Å². The highest BCUT2D eigenvalue weighted by Gasteiger charge is 2.26. The largest absolute Gasteiger partial charge is 0.0693 e. The first-order chi connectivity index (χ1) is 12.6. The Labute approximate surface area is 161 Å². The molecule has 0 bridgehead atoms. The maximum atomic E-state index is 2.39. The Kier molecular flexibility index (Phi) is 6.63. The molecule has 0 atom stereocenters. The molecule has 0 fully saturated rings. The highest BCUT2D eigenvalue weighted by Crippen LogP contribution is 2.46. The molecule has 2 heteroatoms. The standard InChI is InChI=1S/C24H28P2/c1-19(2)25(20(3)4)23-17-11-12-18-24(23)26(21-13-7-5-8-14-21)22-15-9-6-10-16-22/h5-20H,1-4H3. The summed E-state index contributed by atoms with van der Waals surface area (Å²) in [7, 11) is -0.724. The van der Waals surface area contributed by atoms with E-state index in [2.05, 4.69) is 113 Å². The van der Waals surface area contributed by atoms with Crippen molar-refractivity contribution in [2.24, 2.45) is 0 Å². The third-order valence-electron chi connectivity index (χ3n) is 4.54. The fraction of sp³-hybridized carbons (Fsp3) is 0.250. The van der Waals surface area contributed by atoms with Crippen LogP contribution >= 0.6 is 15.8 Å². The highest BCUT2D eigenvalue weighted by atomic mass is 31.1. The lowest BCUT2D eigenvalue weighted by Gasteiger charge is -2.31. The molecule has 0 unspecified atom stereocenters. The monoisotopic (exact) mass is 378 g/mol. The molecule has 0 aliphatic carbocycles. The summed E-state index contributed by atoms with van der Waals surface area (Å²) in [5.41, 5.74) is 1.38. The predicted molar refractivity (Wildman–Crippen MR) is 122 cm³/mol. The Morgan fingerprint density at radius 1 is 0.500 bits per heavy atom. The average molecular weight is 378 g/mol. The molecule has 0 amide bonds. The van der Waals surface area contributed by atoms with Crippen molar-refractivity contribution in [3.8, 4) is 0 Å². The van der Waals surface area contributed by atoms with Crippen LogP contribution in [0.5, 0.6) is 0 Å². The van der Waals surface area contributed by atoms with Gasteiger partial charge >= 0.3 is 0 Å². The van der Waals surface area contributed by atoms with E-state index in [9.17, 15) is 0 Å². The molecule has 0 radical (unpaired) electrons. The van der Waals surface area contributed by atoms with Crippen LogP contribution in [0.4, 0.5) is 0 Å². The van der Waals surface area contributed by atoms with Crippen LogP contribution in [0.2, 0.25) is 0 Å². The van der Waals surface area contributed by atoms with Crippen LogP contribution in [0.25, 0.3) is 0 Å². The Balaban J connectivity index is 2.20. The summed E-state index contributed by atoms with van der Waals surface area (Å²) in [4.78, 5) is 0. The predicted octanol–water partition coefficient (Wildman–Crippen LogP) is 5.37. The van der Waals surface area contributed by atoms with Crippen molar-refractivity contribution in [1.82, 2.24) is 0 Å². The van der Waals surface area contributed by atoms with Crippen LogP contribution in [-0.4, -0.2) is 11.3 Å². The fourth-order valence-electron chi connectivity index (χ4n) is 3.61. The zero-order valence-electron chi connectivity index (χ0n) is 16.1. The maximum absolute atomic E-state index is 2.39. The van der Waals surface area contributed by atoms with Crippen LogP contribution in [0.15, 0.2) is 84.9 Å². The van der Waals surface area contributed by atoms with Gasteiger partial charge in [0.2, 0.25) is 0 Å². The number of rotatable bonds is 6. The molecule has 0 saturated heterocycles. The van der Waals surface area contributed by atoms with Gasteiger partial charge in [-0.2, -0.15) is 0 Å². The third-order valence-corrected chi connectivity index (χ3v) is 10.4. The molecule has 3 aromatic carbocycles. The molecule has 0 aromatic heterocycles. The fourth-order valence-corrected chi connectivity index (χ4v) is 9.49. The molecule has 3 aromatic rings. The molecule has 0 spiro atoms. The van der Waals surface area contributed by atoms with E-state index in [4.69, 9.17) is 0 Å². The number of hydrogen-bond acceptors (Lipinski definition) is 0. The van der Waals surface area contributed by atoms with Crippen molar-refractivity contribution in [3.63, 3.8) is 0 Å². The van der Waals surface area contributed by atoms with E-state index in [1.807, 2.05) is 0 Å². The Morgan fingerprint density at radius 2 is 0.885 bits per heavy atom. The van der Waals surface area contributed by atoms with Gasteiger partial charge in [0.1, 0.15) is 0 Å². The third kappa shape index (κ3) is 4.25. The molecule has 0 nitrogen and oxygen atoms in total. The van der Waals surface area contributed by atoms with Crippen molar-refractivity contribution >= 4 is 37.1 Å². The van der Waals surface area contributed by atoms with E-state index in [0.717, 1.165) is 0 Å². The van der Waals surface area contributed by atoms with Crippen molar-refractivity contribution in [3.05, 3.63) is 84.9 Å². The first kappa shape index (κ1) is 19.3. The summed E-state index contributed by atoms with van der Waals surface area (Å²) in [6.45, 7) is 9.54. The van der Waals surface area contributed by atoms with Gasteiger partial charge < -0.3 is 0 Å². The molecule has 0 saturated carbocycles. The smallest absolute Gasteiger partial charge is 0.00740 e. The van der Waals surface area contributed by atoms with Crippen molar-refractivity contribution < 1.29 is 0 Å². The Bertz CT molecular complexity index is 762. The summed E-state index contributed by atoms with van der Waals surface area (Å²) < 4.78 is 0. The van der Waals surface area contributed by atoms with Gasteiger partial charge in [-0.1, -0.05) is 121 Å². The molecular weight excluding hydrogens is 350 g/mol. The van der Waals surface area contributed by atoms with Crippen LogP contribution in [0.1, 0.15) is 27.7 Å². The summed E-state index contributed by atoms with van der Waals surface area (Å²) >= 11 is 0. The zero-order chi connectivity index (χ0) is 18.5. The van der Waals surface area contributed by atoms with Gasteiger partial charge in [0.05, 0.1) is 0 Å². The Morgan fingerprint density at radius 3 is 1.31 bits per heavy atom. The molecule has 0 aliphatic rings. The quantitative estimate of drug-likeness (QED) is 0.506. The molecule has 134 valence electrons. The van der Waals surface area contributed by atoms with Gasteiger partial charge in [-0.25, -0.2) is 0 Å². The molecule has 0 aliphatic heterocycles. The average Bonchev–Trinajstić information content (AvgIpc) is 2.64. The van der Waals surface area contributed by atoms with E-state index in [0.29, 0.717) is 11.3 Å². The maximum Gasteiger partial charge on any atom is -0.00740 e. The Hall–Kier alpha value is -1.48. The van der Waals surface area contributed by atoms with Gasteiger partial charge in [0.15, 0.2) is 0 Å². The second kappa shape index (κ2) is 8.94. The SMILES string of the molecule is CC(C)P(c1ccccc1P(c1ccccc1)c1ccccc1)C(C)C. The summed E-state index contributed by atoms with van der Waals surface area (Å²) in [6, 6.07) is 31.3. The van der Waals surface area contributed by atoms with Crippen molar-refractivity contribution in [1.29, 1.82) is 0 Å². The van der Waals surface area contributed by atoms with Gasteiger partial charge in [-0.3, -0.25) is 0 Å².